The third-order valence-electron chi connectivity index (χ3n) is 6.90. The minimum absolute atomic E-state index is 0.106. The molecule has 184 valence electrons. The van der Waals surface area contributed by atoms with Gasteiger partial charge in [-0.05, 0) is 43.9 Å². The van der Waals surface area contributed by atoms with Gasteiger partial charge in [-0.2, -0.15) is 0 Å². The van der Waals surface area contributed by atoms with E-state index in [1.54, 1.807) is 4.90 Å². The molecule has 4 amide bonds. The molecular formula is C27H32N4O4. The first-order valence-electron chi connectivity index (χ1n) is 12.2. The van der Waals surface area contributed by atoms with Crippen LogP contribution in [0.3, 0.4) is 0 Å². The van der Waals surface area contributed by atoms with Crippen LogP contribution in [-0.4, -0.2) is 60.2 Å². The number of anilines is 1. The van der Waals surface area contributed by atoms with Crippen LogP contribution in [0.15, 0.2) is 54.6 Å². The lowest BCUT2D eigenvalue weighted by molar-refractivity contribution is -0.132. The van der Waals surface area contributed by atoms with E-state index in [1.165, 1.54) is 4.90 Å². The Labute approximate surface area is 205 Å². The van der Waals surface area contributed by atoms with Crippen LogP contribution in [0.2, 0.25) is 0 Å². The highest BCUT2D eigenvalue weighted by molar-refractivity contribution is 6.05. The van der Waals surface area contributed by atoms with Gasteiger partial charge in [0.2, 0.25) is 17.7 Å². The van der Waals surface area contributed by atoms with Gasteiger partial charge in [0, 0.05) is 31.1 Å². The Hall–Kier alpha value is -3.68. The van der Waals surface area contributed by atoms with E-state index in [1.807, 2.05) is 68.4 Å². The van der Waals surface area contributed by atoms with Crippen LogP contribution in [-0.2, 0) is 25.6 Å². The number of amides is 4. The molecule has 3 atom stereocenters. The standard InChI is InChI=1S/C27H32N4O4/c1-3-30(4-2)24(33)17-31-22-13-9-8-12-19(22)16-20(18-10-6-5-7-11-18)25(27(31)35)29-26(34)21-14-15-23(32)28-21/h5-13,20-21,25H,3-4,14-17H2,1-2H3,(H,28,32)(H,29,34)/t20-,21+,25-/m1/s1. The predicted octanol–water partition coefficient (Wildman–Crippen LogP) is 1.99. The molecule has 0 saturated carbocycles. The zero-order valence-corrected chi connectivity index (χ0v) is 20.2. The van der Waals surface area contributed by atoms with Gasteiger partial charge in [-0.15, -0.1) is 0 Å². The molecule has 0 spiro atoms. The molecule has 0 aliphatic carbocycles. The van der Waals surface area contributed by atoms with Crippen molar-refractivity contribution in [2.75, 3.05) is 24.5 Å². The maximum absolute atomic E-state index is 14.1. The van der Waals surface area contributed by atoms with Crippen molar-refractivity contribution >= 4 is 29.3 Å². The second-order valence-corrected chi connectivity index (χ2v) is 8.99. The SMILES string of the molecule is CCN(CC)C(=O)CN1C(=O)[C@H](NC(=O)[C@@H]2CCC(=O)N2)[C@@H](c2ccccc2)Cc2ccccc21. The van der Waals surface area contributed by atoms with E-state index < -0.39 is 12.1 Å². The third kappa shape index (κ3) is 5.21. The molecule has 2 aromatic carbocycles. The number of hydrogen-bond donors (Lipinski definition) is 2. The molecule has 0 unspecified atom stereocenters. The number of rotatable bonds is 7. The smallest absolute Gasteiger partial charge is 0.250 e. The highest BCUT2D eigenvalue weighted by atomic mass is 16.2. The minimum Gasteiger partial charge on any atom is -0.344 e. The molecule has 8 nitrogen and oxygen atoms in total. The minimum atomic E-state index is -0.890. The summed E-state index contributed by atoms with van der Waals surface area (Å²) in [5.41, 5.74) is 2.55. The van der Waals surface area contributed by atoms with Crippen molar-refractivity contribution < 1.29 is 19.2 Å². The topological polar surface area (TPSA) is 98.8 Å². The van der Waals surface area contributed by atoms with Gasteiger partial charge in [-0.1, -0.05) is 48.5 Å². The fourth-order valence-corrected chi connectivity index (χ4v) is 4.97. The molecule has 35 heavy (non-hydrogen) atoms. The number of para-hydroxylation sites is 1. The number of carbonyl (C=O) groups is 4. The molecule has 2 N–H and O–H groups in total. The average molecular weight is 477 g/mol. The number of hydrogen-bond acceptors (Lipinski definition) is 4. The molecule has 1 saturated heterocycles. The lowest BCUT2D eigenvalue weighted by Crippen LogP contribution is -2.56. The van der Waals surface area contributed by atoms with Crippen molar-refractivity contribution in [3.8, 4) is 0 Å². The van der Waals surface area contributed by atoms with E-state index in [9.17, 15) is 19.2 Å². The molecule has 2 aromatic rings. The third-order valence-corrected chi connectivity index (χ3v) is 6.90. The van der Waals surface area contributed by atoms with Gasteiger partial charge in [-0.25, -0.2) is 0 Å². The summed E-state index contributed by atoms with van der Waals surface area (Å²) in [6.07, 6.45) is 1.20. The number of benzene rings is 2. The summed E-state index contributed by atoms with van der Waals surface area (Å²) in [5, 5.41) is 5.63. The predicted molar refractivity (Wildman–Crippen MR) is 133 cm³/mol. The van der Waals surface area contributed by atoms with Crippen molar-refractivity contribution in [1.82, 2.24) is 15.5 Å². The second-order valence-electron chi connectivity index (χ2n) is 8.99. The maximum Gasteiger partial charge on any atom is 0.250 e. The molecule has 0 aromatic heterocycles. The average Bonchev–Trinajstić information content (AvgIpc) is 3.28. The Morgan fingerprint density at radius 1 is 1.03 bits per heavy atom. The van der Waals surface area contributed by atoms with E-state index >= 15 is 0 Å². The Morgan fingerprint density at radius 3 is 2.37 bits per heavy atom. The molecular weight excluding hydrogens is 444 g/mol. The largest absolute Gasteiger partial charge is 0.344 e. The highest BCUT2D eigenvalue weighted by Crippen LogP contribution is 2.35. The van der Waals surface area contributed by atoms with Crippen LogP contribution in [0.4, 0.5) is 5.69 Å². The maximum atomic E-state index is 14.1. The van der Waals surface area contributed by atoms with Crippen LogP contribution in [0, 0.1) is 0 Å². The molecule has 1 fully saturated rings. The molecule has 0 radical (unpaired) electrons. The summed E-state index contributed by atoms with van der Waals surface area (Å²) < 4.78 is 0. The highest BCUT2D eigenvalue weighted by Gasteiger charge is 2.41. The van der Waals surface area contributed by atoms with Crippen LogP contribution in [0.5, 0.6) is 0 Å². The molecule has 0 bridgehead atoms. The van der Waals surface area contributed by atoms with Gasteiger partial charge in [0.25, 0.3) is 5.91 Å². The van der Waals surface area contributed by atoms with Gasteiger partial charge in [0.1, 0.15) is 18.6 Å². The number of nitrogens with one attached hydrogen (secondary N) is 2. The molecule has 2 aliphatic heterocycles. The summed E-state index contributed by atoms with van der Waals surface area (Å²) in [7, 11) is 0. The molecule has 2 aliphatic rings. The van der Waals surface area contributed by atoms with Crippen molar-refractivity contribution in [2.24, 2.45) is 0 Å². The second kappa shape index (κ2) is 10.7. The lowest BCUT2D eigenvalue weighted by Gasteiger charge is -2.31. The van der Waals surface area contributed by atoms with Crippen molar-refractivity contribution in [3.63, 3.8) is 0 Å². The first-order valence-corrected chi connectivity index (χ1v) is 12.2. The summed E-state index contributed by atoms with van der Waals surface area (Å²) >= 11 is 0. The first kappa shape index (κ1) is 24.4. The number of nitrogens with zero attached hydrogens (tertiary/aromatic N) is 2. The monoisotopic (exact) mass is 476 g/mol. The van der Waals surface area contributed by atoms with Crippen LogP contribution >= 0.6 is 0 Å². The lowest BCUT2D eigenvalue weighted by atomic mass is 9.86. The zero-order chi connectivity index (χ0) is 24.9. The fraction of sp³-hybridized carbons (Fsp3) is 0.407. The van der Waals surface area contributed by atoms with E-state index in [0.717, 1.165) is 11.1 Å². The molecule has 2 heterocycles. The molecule has 4 rings (SSSR count). The normalized spacial score (nSPS) is 21.7. The van der Waals surface area contributed by atoms with Gasteiger partial charge < -0.3 is 20.4 Å². The van der Waals surface area contributed by atoms with E-state index in [0.29, 0.717) is 31.6 Å². The number of fused-ring (bicyclic) bond motifs is 1. The van der Waals surface area contributed by atoms with Gasteiger partial charge in [0.05, 0.1) is 0 Å². The Morgan fingerprint density at radius 2 is 1.71 bits per heavy atom. The van der Waals surface area contributed by atoms with Gasteiger partial charge in [0.15, 0.2) is 0 Å². The van der Waals surface area contributed by atoms with Gasteiger partial charge in [-0.3, -0.25) is 19.2 Å². The first-order chi connectivity index (χ1) is 16.9. The molecule has 8 heteroatoms. The Bertz CT molecular complexity index is 1100. The Balaban J connectivity index is 1.73. The summed E-state index contributed by atoms with van der Waals surface area (Å²) in [6.45, 7) is 4.81. The zero-order valence-electron chi connectivity index (χ0n) is 20.2. The number of likely N-dealkylation sites (N-methyl/N-ethyl adjacent to an activating group) is 1. The van der Waals surface area contributed by atoms with E-state index in [-0.39, 0.29) is 42.5 Å². The van der Waals surface area contributed by atoms with Crippen molar-refractivity contribution in [1.29, 1.82) is 0 Å². The Kier molecular flexibility index (Phi) is 7.48. The van der Waals surface area contributed by atoms with Crippen LogP contribution < -0.4 is 15.5 Å². The van der Waals surface area contributed by atoms with E-state index in [2.05, 4.69) is 10.6 Å². The van der Waals surface area contributed by atoms with Crippen LogP contribution in [0.25, 0.3) is 0 Å². The van der Waals surface area contributed by atoms with Gasteiger partial charge >= 0.3 is 0 Å². The summed E-state index contributed by atoms with van der Waals surface area (Å²) in [5.74, 6) is -1.36. The van der Waals surface area contributed by atoms with Crippen molar-refractivity contribution in [3.05, 3.63) is 65.7 Å². The number of carbonyl (C=O) groups excluding carboxylic acids is 4. The quantitative estimate of drug-likeness (QED) is 0.639. The van der Waals surface area contributed by atoms with Crippen molar-refractivity contribution in [2.45, 2.75) is 51.1 Å². The summed E-state index contributed by atoms with van der Waals surface area (Å²) in [4.78, 5) is 55.2. The fourth-order valence-electron chi connectivity index (χ4n) is 4.97. The summed E-state index contributed by atoms with van der Waals surface area (Å²) in [6, 6.07) is 15.7. The van der Waals surface area contributed by atoms with E-state index in [4.69, 9.17) is 0 Å². The van der Waals surface area contributed by atoms with Crippen LogP contribution in [0.1, 0.15) is 43.7 Å².